The Morgan fingerprint density at radius 3 is 2.80 bits per heavy atom. The molecule has 4 rings (SSSR count). The maximum absolute atomic E-state index is 4.42. The molecule has 8 heteroatoms. The maximum Gasteiger partial charge on any atom is 0.191 e. The Balaban J connectivity index is 0.00000182. The summed E-state index contributed by atoms with van der Waals surface area (Å²) in [5.41, 5.74) is 0. The van der Waals surface area contributed by atoms with Gasteiger partial charge in [-0.25, -0.2) is 0 Å². The quantitative estimate of drug-likeness (QED) is 0.402. The first-order valence-electron chi connectivity index (χ1n) is 9.33. The highest BCUT2D eigenvalue weighted by Gasteiger charge is 2.34. The van der Waals surface area contributed by atoms with Gasteiger partial charge in [0.1, 0.15) is 11.6 Å². The second-order valence-corrected chi connectivity index (χ2v) is 7.49. The average Bonchev–Trinajstić information content (AvgIpc) is 3.25. The summed E-state index contributed by atoms with van der Waals surface area (Å²) >= 11 is 0. The molecule has 1 aromatic heterocycles. The summed E-state index contributed by atoms with van der Waals surface area (Å²) in [5, 5.41) is 15.6. The van der Waals surface area contributed by atoms with Crippen LogP contribution in [0, 0.1) is 12.8 Å². The fourth-order valence-corrected chi connectivity index (χ4v) is 4.00. The molecule has 2 N–H and O–H groups in total. The molecule has 140 valence electrons. The van der Waals surface area contributed by atoms with Crippen molar-refractivity contribution in [2.45, 2.75) is 57.7 Å². The van der Waals surface area contributed by atoms with E-state index < -0.39 is 0 Å². The van der Waals surface area contributed by atoms with Gasteiger partial charge in [-0.15, -0.1) is 34.2 Å². The van der Waals surface area contributed by atoms with Gasteiger partial charge < -0.3 is 15.2 Å². The highest BCUT2D eigenvalue weighted by Crippen LogP contribution is 2.29. The summed E-state index contributed by atoms with van der Waals surface area (Å²) in [6, 6.07) is 1.41. The standard InChI is InChI=1S/C17H29N7.HI/c1-12-21-22-16-6-3-13(10-24(12)16)9-19-17(18-2)20-14-7-8-23(11-14)15-4-5-15;/h13-15H,3-11H2,1-2H3,(H2,18,19,20);1H. The number of halogens is 1. The Morgan fingerprint density at radius 1 is 1.20 bits per heavy atom. The first kappa shape index (κ1) is 18.9. The van der Waals surface area contributed by atoms with E-state index in [4.69, 9.17) is 0 Å². The second-order valence-electron chi connectivity index (χ2n) is 7.49. The van der Waals surface area contributed by atoms with Crippen molar-refractivity contribution >= 4 is 29.9 Å². The number of likely N-dealkylation sites (tertiary alicyclic amines) is 1. The molecule has 1 saturated heterocycles. The smallest absolute Gasteiger partial charge is 0.191 e. The van der Waals surface area contributed by atoms with Crippen molar-refractivity contribution in [2.24, 2.45) is 10.9 Å². The predicted molar refractivity (Wildman–Crippen MR) is 109 cm³/mol. The van der Waals surface area contributed by atoms with Gasteiger partial charge in [0.25, 0.3) is 0 Å². The monoisotopic (exact) mass is 459 g/mol. The molecule has 0 spiro atoms. The van der Waals surface area contributed by atoms with Crippen molar-refractivity contribution in [3.8, 4) is 0 Å². The fraction of sp³-hybridized carbons (Fsp3) is 0.824. The van der Waals surface area contributed by atoms with Crippen molar-refractivity contribution in [2.75, 3.05) is 26.7 Å². The number of aryl methyl sites for hydroxylation is 2. The van der Waals surface area contributed by atoms with Crippen LogP contribution in [0.3, 0.4) is 0 Å². The van der Waals surface area contributed by atoms with Crippen molar-refractivity contribution in [1.82, 2.24) is 30.3 Å². The van der Waals surface area contributed by atoms with Crippen LogP contribution in [-0.2, 0) is 13.0 Å². The van der Waals surface area contributed by atoms with Gasteiger partial charge in [-0.05, 0) is 38.5 Å². The normalized spacial score (nSPS) is 26.9. The van der Waals surface area contributed by atoms with Gasteiger partial charge in [-0.3, -0.25) is 9.89 Å². The summed E-state index contributed by atoms with van der Waals surface area (Å²) in [5.74, 6) is 3.72. The van der Waals surface area contributed by atoms with Crippen molar-refractivity contribution in [3.63, 3.8) is 0 Å². The molecule has 3 heterocycles. The Morgan fingerprint density at radius 2 is 2.04 bits per heavy atom. The number of guanidine groups is 1. The summed E-state index contributed by atoms with van der Waals surface area (Å²) in [6.07, 6.45) is 6.21. The van der Waals surface area contributed by atoms with E-state index in [2.05, 4.69) is 35.3 Å². The molecule has 1 aliphatic carbocycles. The lowest BCUT2D eigenvalue weighted by atomic mass is 9.99. The number of hydrogen-bond acceptors (Lipinski definition) is 4. The molecule has 2 aliphatic heterocycles. The number of fused-ring (bicyclic) bond motifs is 1. The first-order valence-corrected chi connectivity index (χ1v) is 9.33. The minimum atomic E-state index is 0. The molecular weight excluding hydrogens is 429 g/mol. The van der Waals surface area contributed by atoms with Crippen LogP contribution in [0.1, 0.15) is 37.3 Å². The lowest BCUT2D eigenvalue weighted by Crippen LogP contribution is -2.46. The third-order valence-corrected chi connectivity index (χ3v) is 5.63. The van der Waals surface area contributed by atoms with Crippen LogP contribution in [0.15, 0.2) is 4.99 Å². The number of aromatic nitrogens is 3. The molecule has 2 fully saturated rings. The highest BCUT2D eigenvalue weighted by atomic mass is 127. The van der Waals surface area contributed by atoms with Crippen LogP contribution in [0.2, 0.25) is 0 Å². The minimum absolute atomic E-state index is 0. The predicted octanol–water partition coefficient (Wildman–Crippen LogP) is 1.17. The third-order valence-electron chi connectivity index (χ3n) is 5.63. The van der Waals surface area contributed by atoms with E-state index in [1.165, 1.54) is 32.2 Å². The number of aliphatic imine (C=N–C) groups is 1. The van der Waals surface area contributed by atoms with Gasteiger partial charge in [0.15, 0.2) is 5.96 Å². The largest absolute Gasteiger partial charge is 0.356 e. The number of nitrogens with zero attached hydrogens (tertiary/aromatic N) is 5. The van der Waals surface area contributed by atoms with Crippen LogP contribution >= 0.6 is 24.0 Å². The second kappa shape index (κ2) is 8.20. The summed E-state index contributed by atoms with van der Waals surface area (Å²) in [6.45, 7) is 6.40. The van der Waals surface area contributed by atoms with Gasteiger partial charge in [0.05, 0.1) is 0 Å². The molecule has 25 heavy (non-hydrogen) atoms. The topological polar surface area (TPSA) is 70.4 Å². The Bertz CT molecular complexity index is 610. The number of rotatable bonds is 4. The zero-order chi connectivity index (χ0) is 16.5. The van der Waals surface area contributed by atoms with Gasteiger partial charge in [-0.2, -0.15) is 0 Å². The van der Waals surface area contributed by atoms with Gasteiger partial charge in [0, 0.05) is 51.7 Å². The van der Waals surface area contributed by atoms with Crippen molar-refractivity contribution < 1.29 is 0 Å². The van der Waals surface area contributed by atoms with Crippen LogP contribution in [-0.4, -0.2) is 64.4 Å². The molecule has 7 nitrogen and oxygen atoms in total. The van der Waals surface area contributed by atoms with Gasteiger partial charge >= 0.3 is 0 Å². The van der Waals surface area contributed by atoms with Crippen molar-refractivity contribution in [1.29, 1.82) is 0 Å². The van der Waals surface area contributed by atoms with Gasteiger partial charge in [-0.1, -0.05) is 0 Å². The van der Waals surface area contributed by atoms with E-state index in [0.717, 1.165) is 49.7 Å². The van der Waals surface area contributed by atoms with E-state index >= 15 is 0 Å². The molecule has 0 bridgehead atoms. The van der Waals surface area contributed by atoms with Crippen LogP contribution < -0.4 is 10.6 Å². The maximum atomic E-state index is 4.42. The van der Waals surface area contributed by atoms with Crippen LogP contribution in [0.4, 0.5) is 0 Å². The van der Waals surface area contributed by atoms with E-state index in [1.54, 1.807) is 0 Å². The summed E-state index contributed by atoms with van der Waals surface area (Å²) < 4.78 is 2.26. The lowest BCUT2D eigenvalue weighted by Gasteiger charge is -2.25. The van der Waals surface area contributed by atoms with E-state index in [0.29, 0.717) is 12.0 Å². The highest BCUT2D eigenvalue weighted by molar-refractivity contribution is 14.0. The average molecular weight is 459 g/mol. The zero-order valence-corrected chi connectivity index (χ0v) is 17.6. The fourth-order valence-electron chi connectivity index (χ4n) is 4.00. The van der Waals surface area contributed by atoms with Gasteiger partial charge in [0.2, 0.25) is 0 Å². The molecule has 0 amide bonds. The molecular formula is C17H30IN7. The third kappa shape index (κ3) is 4.45. The summed E-state index contributed by atoms with van der Waals surface area (Å²) in [4.78, 5) is 7.05. The first-order chi connectivity index (χ1) is 11.7. The van der Waals surface area contributed by atoms with E-state index in [1.807, 2.05) is 14.0 Å². The van der Waals surface area contributed by atoms with Crippen molar-refractivity contribution in [3.05, 3.63) is 11.6 Å². The Kier molecular flexibility index (Phi) is 6.19. The Labute approximate surface area is 167 Å². The zero-order valence-electron chi connectivity index (χ0n) is 15.2. The molecule has 2 atom stereocenters. The molecule has 3 aliphatic rings. The molecule has 2 unspecified atom stereocenters. The van der Waals surface area contributed by atoms with Crippen LogP contribution in [0.5, 0.6) is 0 Å². The molecule has 0 radical (unpaired) electrons. The molecule has 0 aromatic carbocycles. The minimum Gasteiger partial charge on any atom is -0.356 e. The SMILES string of the molecule is CN=C(NCC1CCc2nnc(C)n2C1)NC1CCN(C2CC2)C1.I. The summed E-state index contributed by atoms with van der Waals surface area (Å²) in [7, 11) is 1.87. The molecule has 1 saturated carbocycles. The number of nitrogens with one attached hydrogen (secondary N) is 2. The van der Waals surface area contributed by atoms with E-state index in [9.17, 15) is 0 Å². The lowest BCUT2D eigenvalue weighted by molar-refractivity contribution is 0.321. The molecule has 1 aromatic rings. The van der Waals surface area contributed by atoms with Crippen LogP contribution in [0.25, 0.3) is 0 Å². The number of hydrogen-bond donors (Lipinski definition) is 2. The van der Waals surface area contributed by atoms with E-state index in [-0.39, 0.29) is 24.0 Å². The Hall–Kier alpha value is -0.900.